The Balaban J connectivity index is 1.99. The van der Waals surface area contributed by atoms with Crippen molar-refractivity contribution in [1.29, 1.82) is 0 Å². The van der Waals surface area contributed by atoms with Crippen LogP contribution in [-0.2, 0) is 6.54 Å². The number of benzene rings is 1. The van der Waals surface area contributed by atoms with Crippen LogP contribution >= 0.6 is 0 Å². The van der Waals surface area contributed by atoms with E-state index in [0.29, 0.717) is 11.3 Å². The van der Waals surface area contributed by atoms with Crippen LogP contribution in [0.3, 0.4) is 0 Å². The van der Waals surface area contributed by atoms with E-state index in [1.54, 1.807) is 18.2 Å². The minimum Gasteiger partial charge on any atom is -0.476 e. The van der Waals surface area contributed by atoms with Crippen molar-refractivity contribution in [3.05, 3.63) is 51.3 Å². The van der Waals surface area contributed by atoms with Crippen molar-refractivity contribution in [3.63, 3.8) is 0 Å². The maximum atomic E-state index is 11.2. The molecule has 1 aliphatic rings. The van der Waals surface area contributed by atoms with Crippen LogP contribution in [0.5, 0.6) is 0 Å². The minimum atomic E-state index is -1.12. The standard InChI is InChI=1S/C13H12N4O4/c18-13(19)11-12(8-5-6-8)16(15-14-11)7-9-3-1-2-4-10(9)17(20)21/h1-4,8H,5-7H2,(H,18,19). The van der Waals surface area contributed by atoms with Gasteiger partial charge in [0.2, 0.25) is 0 Å². The summed E-state index contributed by atoms with van der Waals surface area (Å²) < 4.78 is 1.46. The minimum absolute atomic E-state index is 0.00776. The molecule has 3 rings (SSSR count). The Kier molecular flexibility index (Phi) is 3.13. The number of nitrogens with zero attached hydrogens (tertiary/aromatic N) is 4. The highest BCUT2D eigenvalue weighted by molar-refractivity contribution is 5.86. The number of hydrogen-bond acceptors (Lipinski definition) is 5. The second kappa shape index (κ2) is 4.97. The van der Waals surface area contributed by atoms with Gasteiger partial charge in [0.05, 0.1) is 22.7 Å². The molecule has 1 fully saturated rings. The Morgan fingerprint density at radius 2 is 2.14 bits per heavy atom. The summed E-state index contributed by atoms with van der Waals surface area (Å²) in [6, 6.07) is 6.35. The molecule has 0 bridgehead atoms. The zero-order valence-electron chi connectivity index (χ0n) is 11.0. The van der Waals surface area contributed by atoms with Gasteiger partial charge in [-0.15, -0.1) is 5.10 Å². The number of hydrogen-bond donors (Lipinski definition) is 1. The van der Waals surface area contributed by atoms with Crippen molar-refractivity contribution in [3.8, 4) is 0 Å². The molecule has 2 aromatic rings. The van der Waals surface area contributed by atoms with Gasteiger partial charge in [0.25, 0.3) is 5.69 Å². The molecular weight excluding hydrogens is 276 g/mol. The van der Waals surface area contributed by atoms with Crippen LogP contribution in [0.25, 0.3) is 0 Å². The monoisotopic (exact) mass is 288 g/mol. The van der Waals surface area contributed by atoms with Crippen LogP contribution in [0.4, 0.5) is 5.69 Å². The van der Waals surface area contributed by atoms with Gasteiger partial charge >= 0.3 is 5.97 Å². The van der Waals surface area contributed by atoms with Gasteiger partial charge in [-0.25, -0.2) is 9.48 Å². The van der Waals surface area contributed by atoms with Crippen molar-refractivity contribution >= 4 is 11.7 Å². The number of nitro benzene ring substituents is 1. The number of carbonyl (C=O) groups is 1. The molecule has 0 spiro atoms. The van der Waals surface area contributed by atoms with Gasteiger partial charge in [0.1, 0.15) is 0 Å². The Morgan fingerprint density at radius 3 is 2.76 bits per heavy atom. The number of para-hydroxylation sites is 1. The lowest BCUT2D eigenvalue weighted by atomic mass is 10.1. The normalized spacial score (nSPS) is 14.1. The highest BCUT2D eigenvalue weighted by Crippen LogP contribution is 2.41. The average molecular weight is 288 g/mol. The molecule has 21 heavy (non-hydrogen) atoms. The fourth-order valence-electron chi connectivity index (χ4n) is 2.33. The summed E-state index contributed by atoms with van der Waals surface area (Å²) in [5.41, 5.74) is 0.967. The van der Waals surface area contributed by atoms with E-state index in [1.807, 2.05) is 0 Å². The lowest BCUT2D eigenvalue weighted by Gasteiger charge is -2.06. The molecule has 1 aromatic carbocycles. The fraction of sp³-hybridized carbons (Fsp3) is 0.308. The van der Waals surface area contributed by atoms with E-state index in [2.05, 4.69) is 10.3 Å². The van der Waals surface area contributed by atoms with Crippen LogP contribution in [0.1, 0.15) is 40.5 Å². The summed E-state index contributed by atoms with van der Waals surface area (Å²) in [5.74, 6) is -0.987. The van der Waals surface area contributed by atoms with Gasteiger partial charge in [-0.05, 0) is 12.8 Å². The molecule has 8 heteroatoms. The van der Waals surface area contributed by atoms with Crippen LogP contribution < -0.4 is 0 Å². The molecule has 1 heterocycles. The zero-order chi connectivity index (χ0) is 15.0. The van der Waals surface area contributed by atoms with Gasteiger partial charge in [-0.3, -0.25) is 10.1 Å². The van der Waals surface area contributed by atoms with Crippen molar-refractivity contribution in [2.24, 2.45) is 0 Å². The van der Waals surface area contributed by atoms with Crippen molar-refractivity contribution < 1.29 is 14.8 Å². The number of carboxylic acid groups (broad SMARTS) is 1. The predicted molar refractivity (Wildman–Crippen MR) is 71.2 cm³/mol. The quantitative estimate of drug-likeness (QED) is 0.663. The van der Waals surface area contributed by atoms with E-state index >= 15 is 0 Å². The maximum absolute atomic E-state index is 11.2. The van der Waals surface area contributed by atoms with E-state index in [1.165, 1.54) is 10.7 Å². The summed E-state index contributed by atoms with van der Waals surface area (Å²) in [6.45, 7) is 0.142. The first-order valence-corrected chi connectivity index (χ1v) is 6.47. The van der Waals surface area contributed by atoms with E-state index in [4.69, 9.17) is 5.11 Å². The summed E-state index contributed by atoms with van der Waals surface area (Å²) in [4.78, 5) is 21.7. The van der Waals surface area contributed by atoms with Crippen molar-refractivity contribution in [2.45, 2.75) is 25.3 Å². The van der Waals surface area contributed by atoms with E-state index < -0.39 is 10.9 Å². The molecule has 1 aromatic heterocycles. The van der Waals surface area contributed by atoms with Crippen LogP contribution in [0, 0.1) is 10.1 Å². The van der Waals surface area contributed by atoms with E-state index in [-0.39, 0.29) is 23.8 Å². The molecule has 0 amide bonds. The molecule has 1 saturated carbocycles. The number of aromatic nitrogens is 3. The van der Waals surface area contributed by atoms with Gasteiger partial charge in [-0.1, -0.05) is 23.4 Å². The first-order chi connectivity index (χ1) is 10.1. The largest absolute Gasteiger partial charge is 0.476 e. The predicted octanol–water partition coefficient (Wildman–Crippen LogP) is 1.81. The molecule has 1 aliphatic carbocycles. The lowest BCUT2D eigenvalue weighted by molar-refractivity contribution is -0.385. The first-order valence-electron chi connectivity index (χ1n) is 6.47. The topological polar surface area (TPSA) is 111 Å². The molecule has 0 atom stereocenters. The Morgan fingerprint density at radius 1 is 1.43 bits per heavy atom. The van der Waals surface area contributed by atoms with Crippen LogP contribution in [-0.4, -0.2) is 31.0 Å². The van der Waals surface area contributed by atoms with E-state index in [9.17, 15) is 14.9 Å². The number of aromatic carboxylic acids is 1. The Labute approximate surface area is 119 Å². The first kappa shape index (κ1) is 13.2. The summed E-state index contributed by atoms with van der Waals surface area (Å²) in [6.07, 6.45) is 1.79. The lowest BCUT2D eigenvalue weighted by Crippen LogP contribution is -2.09. The van der Waals surface area contributed by atoms with E-state index in [0.717, 1.165) is 12.8 Å². The third kappa shape index (κ3) is 2.47. The van der Waals surface area contributed by atoms with Gasteiger partial charge in [-0.2, -0.15) is 0 Å². The summed E-state index contributed by atoms with van der Waals surface area (Å²) in [7, 11) is 0. The molecule has 0 saturated heterocycles. The van der Waals surface area contributed by atoms with Gasteiger partial charge < -0.3 is 5.11 Å². The van der Waals surface area contributed by atoms with Crippen molar-refractivity contribution in [1.82, 2.24) is 15.0 Å². The van der Waals surface area contributed by atoms with Crippen LogP contribution in [0.2, 0.25) is 0 Å². The van der Waals surface area contributed by atoms with Gasteiger partial charge in [0, 0.05) is 12.0 Å². The highest BCUT2D eigenvalue weighted by atomic mass is 16.6. The fourth-order valence-corrected chi connectivity index (χ4v) is 2.33. The van der Waals surface area contributed by atoms with Gasteiger partial charge in [0.15, 0.2) is 5.69 Å². The second-order valence-electron chi connectivity index (χ2n) is 4.95. The number of carboxylic acids is 1. The molecule has 0 unspecified atom stereocenters. The second-order valence-corrected chi connectivity index (χ2v) is 4.95. The zero-order valence-corrected chi connectivity index (χ0v) is 11.0. The third-order valence-electron chi connectivity index (χ3n) is 3.45. The Bertz CT molecular complexity index is 721. The highest BCUT2D eigenvalue weighted by Gasteiger charge is 2.34. The average Bonchev–Trinajstić information content (AvgIpc) is 3.20. The third-order valence-corrected chi connectivity index (χ3v) is 3.45. The SMILES string of the molecule is O=C(O)c1nnn(Cc2ccccc2[N+](=O)[O-])c1C1CC1. The molecule has 0 aliphatic heterocycles. The Hall–Kier alpha value is -2.77. The molecule has 0 radical (unpaired) electrons. The molecule has 8 nitrogen and oxygen atoms in total. The number of rotatable bonds is 5. The molecule has 108 valence electrons. The smallest absolute Gasteiger partial charge is 0.358 e. The number of nitro groups is 1. The molecule has 1 N–H and O–H groups in total. The maximum Gasteiger partial charge on any atom is 0.358 e. The van der Waals surface area contributed by atoms with Crippen LogP contribution in [0.15, 0.2) is 24.3 Å². The molecular formula is C13H12N4O4. The van der Waals surface area contributed by atoms with Crippen molar-refractivity contribution in [2.75, 3.05) is 0 Å². The summed E-state index contributed by atoms with van der Waals surface area (Å²) in [5, 5.41) is 27.7. The summed E-state index contributed by atoms with van der Waals surface area (Å²) >= 11 is 0.